The van der Waals surface area contributed by atoms with Crippen molar-refractivity contribution in [3.05, 3.63) is 47.9 Å². The lowest BCUT2D eigenvalue weighted by molar-refractivity contribution is -0.141. The minimum Gasteiger partial charge on any atom is -0.508 e. The number of phenolic OH excluding ortho intramolecular Hbond substituents is 1. The number of aliphatic carboxylic acids is 1. The molecule has 0 saturated carbocycles. The Morgan fingerprint density at radius 2 is 2.04 bits per heavy atom. The molecule has 1 aromatic carbocycles. The third kappa shape index (κ3) is 6.74. The van der Waals surface area contributed by atoms with Gasteiger partial charge in [-0.1, -0.05) is 13.8 Å². The monoisotopic (exact) mass is 349 g/mol. The second-order valence-electron chi connectivity index (χ2n) is 5.52. The third-order valence-electron chi connectivity index (χ3n) is 3.70. The van der Waals surface area contributed by atoms with Gasteiger partial charge in [0.25, 0.3) is 0 Å². The maximum Gasteiger partial charge on any atom is 0.306 e. The highest BCUT2D eigenvalue weighted by Crippen LogP contribution is 2.21. The zero-order valence-electron chi connectivity index (χ0n) is 14.7. The van der Waals surface area contributed by atoms with Crippen molar-refractivity contribution in [2.24, 2.45) is 5.92 Å². The van der Waals surface area contributed by atoms with Crippen LogP contribution in [-0.2, 0) is 11.3 Å². The topological polar surface area (TPSA) is 86.5 Å². The Hall–Kier alpha value is -2.70. The standard InChI is InChI=1S/C13H14FN3O.C5H10O2/c1-2-17(13-4-3-7-15-16-13)9-10-8-11(14)5-6-12(10)18;1-3-4(2)5(6)7/h3-8,18H,2,9H2,1H3;4H,3H2,1-2H3,(H,6,7). The second-order valence-corrected chi connectivity index (χ2v) is 5.52. The second kappa shape index (κ2) is 10.2. The smallest absolute Gasteiger partial charge is 0.306 e. The van der Waals surface area contributed by atoms with Gasteiger partial charge in [0.1, 0.15) is 11.6 Å². The van der Waals surface area contributed by atoms with Crippen LogP contribution in [0, 0.1) is 11.7 Å². The molecule has 2 rings (SSSR count). The minimum atomic E-state index is -0.706. The van der Waals surface area contributed by atoms with Gasteiger partial charge in [-0.25, -0.2) is 4.39 Å². The highest BCUT2D eigenvalue weighted by molar-refractivity contribution is 5.69. The molecule has 0 fully saturated rings. The minimum absolute atomic E-state index is 0.0822. The maximum atomic E-state index is 13.1. The molecule has 6 nitrogen and oxygen atoms in total. The molecule has 0 saturated heterocycles. The van der Waals surface area contributed by atoms with Crippen molar-refractivity contribution in [1.82, 2.24) is 10.2 Å². The first-order valence-corrected chi connectivity index (χ1v) is 8.11. The molecule has 1 aromatic heterocycles. The summed E-state index contributed by atoms with van der Waals surface area (Å²) in [7, 11) is 0. The lowest BCUT2D eigenvalue weighted by Gasteiger charge is -2.21. The van der Waals surface area contributed by atoms with Crippen molar-refractivity contribution in [2.75, 3.05) is 11.4 Å². The predicted octanol–water partition coefficient (Wildman–Crippen LogP) is 3.46. The van der Waals surface area contributed by atoms with Crippen LogP contribution in [0.1, 0.15) is 32.8 Å². The van der Waals surface area contributed by atoms with E-state index in [1.165, 1.54) is 18.2 Å². The number of anilines is 1. The van der Waals surface area contributed by atoms with E-state index in [2.05, 4.69) is 10.2 Å². The van der Waals surface area contributed by atoms with Gasteiger partial charge in [-0.2, -0.15) is 5.10 Å². The van der Waals surface area contributed by atoms with E-state index in [9.17, 15) is 14.3 Å². The van der Waals surface area contributed by atoms with Gasteiger partial charge in [0.2, 0.25) is 0 Å². The Morgan fingerprint density at radius 3 is 2.52 bits per heavy atom. The zero-order chi connectivity index (χ0) is 18.8. The first kappa shape index (κ1) is 20.3. The number of hydrogen-bond donors (Lipinski definition) is 2. The van der Waals surface area contributed by atoms with Gasteiger partial charge in [-0.05, 0) is 43.7 Å². The number of carboxylic acids is 1. The Balaban J connectivity index is 0.000000381. The van der Waals surface area contributed by atoms with E-state index in [1.54, 1.807) is 19.2 Å². The molecule has 0 spiro atoms. The van der Waals surface area contributed by atoms with Crippen LogP contribution in [0.25, 0.3) is 0 Å². The maximum absolute atomic E-state index is 13.1. The fraction of sp³-hybridized carbons (Fsp3) is 0.389. The van der Waals surface area contributed by atoms with Gasteiger partial charge in [-0.3, -0.25) is 4.79 Å². The van der Waals surface area contributed by atoms with Gasteiger partial charge < -0.3 is 15.1 Å². The molecule has 25 heavy (non-hydrogen) atoms. The quantitative estimate of drug-likeness (QED) is 0.830. The lowest BCUT2D eigenvalue weighted by atomic mass is 10.1. The molecular formula is C18H24FN3O3. The van der Waals surface area contributed by atoms with Crippen LogP contribution in [0.5, 0.6) is 5.75 Å². The molecule has 0 aliphatic rings. The van der Waals surface area contributed by atoms with Gasteiger partial charge >= 0.3 is 5.97 Å². The van der Waals surface area contributed by atoms with Crippen LogP contribution < -0.4 is 4.90 Å². The summed E-state index contributed by atoms with van der Waals surface area (Å²) in [6, 6.07) is 7.53. The van der Waals surface area contributed by atoms with E-state index < -0.39 is 5.97 Å². The van der Waals surface area contributed by atoms with Crippen molar-refractivity contribution >= 4 is 11.8 Å². The van der Waals surface area contributed by atoms with Gasteiger partial charge in [0.05, 0.1) is 5.92 Å². The molecule has 0 aliphatic heterocycles. The fourth-order valence-electron chi connectivity index (χ4n) is 1.88. The summed E-state index contributed by atoms with van der Waals surface area (Å²) in [6.45, 7) is 6.60. The third-order valence-corrected chi connectivity index (χ3v) is 3.70. The number of nitrogens with zero attached hydrogens (tertiary/aromatic N) is 3. The van der Waals surface area contributed by atoms with Gasteiger partial charge in [0.15, 0.2) is 5.82 Å². The Bertz CT molecular complexity index is 668. The van der Waals surface area contributed by atoms with E-state index in [1.807, 2.05) is 24.8 Å². The molecule has 2 aromatic rings. The molecule has 0 bridgehead atoms. The van der Waals surface area contributed by atoms with E-state index >= 15 is 0 Å². The number of benzene rings is 1. The SMILES string of the molecule is CCC(C)C(=O)O.CCN(Cc1cc(F)ccc1O)c1cccnn1. The van der Waals surface area contributed by atoms with E-state index in [0.717, 1.165) is 6.42 Å². The molecule has 2 N–H and O–H groups in total. The van der Waals surface area contributed by atoms with E-state index in [4.69, 9.17) is 5.11 Å². The normalized spacial score (nSPS) is 11.2. The zero-order valence-corrected chi connectivity index (χ0v) is 14.7. The first-order chi connectivity index (χ1) is 11.9. The van der Waals surface area contributed by atoms with Crippen LogP contribution in [-0.4, -0.2) is 32.9 Å². The van der Waals surface area contributed by atoms with Crippen LogP contribution in [0.4, 0.5) is 10.2 Å². The van der Waals surface area contributed by atoms with Crippen LogP contribution >= 0.6 is 0 Å². The number of halogens is 1. The summed E-state index contributed by atoms with van der Waals surface area (Å²) in [5.74, 6) is -0.470. The number of carbonyl (C=O) groups is 1. The average Bonchev–Trinajstić information content (AvgIpc) is 2.62. The molecule has 1 atom stereocenters. The average molecular weight is 349 g/mol. The summed E-state index contributed by atoms with van der Waals surface area (Å²) < 4.78 is 13.1. The molecule has 0 radical (unpaired) electrons. The van der Waals surface area contributed by atoms with Crippen molar-refractivity contribution in [3.8, 4) is 5.75 Å². The van der Waals surface area contributed by atoms with Crippen molar-refractivity contribution in [2.45, 2.75) is 33.7 Å². The van der Waals surface area contributed by atoms with Crippen molar-refractivity contribution in [1.29, 1.82) is 0 Å². The largest absolute Gasteiger partial charge is 0.508 e. The number of aromatic hydroxyl groups is 1. The number of carboxylic acid groups (broad SMARTS) is 1. The van der Waals surface area contributed by atoms with Crippen molar-refractivity contribution < 1.29 is 19.4 Å². The van der Waals surface area contributed by atoms with E-state index in [-0.39, 0.29) is 17.5 Å². The molecular weight excluding hydrogens is 325 g/mol. The van der Waals surface area contributed by atoms with E-state index in [0.29, 0.717) is 24.5 Å². The molecule has 1 unspecified atom stereocenters. The Morgan fingerprint density at radius 1 is 1.32 bits per heavy atom. The molecule has 0 aliphatic carbocycles. The van der Waals surface area contributed by atoms with Crippen LogP contribution in [0.15, 0.2) is 36.5 Å². The lowest BCUT2D eigenvalue weighted by Crippen LogP contribution is -2.23. The first-order valence-electron chi connectivity index (χ1n) is 8.11. The number of aromatic nitrogens is 2. The van der Waals surface area contributed by atoms with Gasteiger partial charge in [0, 0.05) is 24.8 Å². The highest BCUT2D eigenvalue weighted by atomic mass is 19.1. The number of phenols is 1. The van der Waals surface area contributed by atoms with Crippen LogP contribution in [0.2, 0.25) is 0 Å². The Labute approximate surface area is 146 Å². The fourth-order valence-corrected chi connectivity index (χ4v) is 1.88. The summed E-state index contributed by atoms with van der Waals surface area (Å²) in [4.78, 5) is 11.8. The van der Waals surface area contributed by atoms with Crippen molar-refractivity contribution in [3.63, 3.8) is 0 Å². The number of hydrogen-bond acceptors (Lipinski definition) is 5. The summed E-state index contributed by atoms with van der Waals surface area (Å²) in [5.41, 5.74) is 0.530. The molecule has 0 amide bonds. The molecule has 136 valence electrons. The predicted molar refractivity (Wildman–Crippen MR) is 93.9 cm³/mol. The van der Waals surface area contributed by atoms with Gasteiger partial charge in [-0.15, -0.1) is 5.10 Å². The summed E-state index contributed by atoms with van der Waals surface area (Å²) in [5, 5.41) is 25.7. The summed E-state index contributed by atoms with van der Waals surface area (Å²) in [6.07, 6.45) is 2.31. The molecule has 1 heterocycles. The Kier molecular flexibility index (Phi) is 8.32. The van der Waals surface area contributed by atoms with Crippen LogP contribution in [0.3, 0.4) is 0 Å². The number of rotatable bonds is 6. The molecule has 7 heteroatoms. The summed E-state index contributed by atoms with van der Waals surface area (Å²) >= 11 is 0. The highest BCUT2D eigenvalue weighted by Gasteiger charge is 2.10.